The van der Waals surface area contributed by atoms with Crippen LogP contribution >= 0.6 is 0 Å². The second-order valence-electron chi connectivity index (χ2n) is 6.44. The molecule has 2 aromatic carbocycles. The molecule has 1 aromatic heterocycles. The predicted molar refractivity (Wildman–Crippen MR) is 107 cm³/mol. The second-order valence-corrected chi connectivity index (χ2v) is 6.44. The van der Waals surface area contributed by atoms with Gasteiger partial charge in [0.25, 0.3) is 11.8 Å². The van der Waals surface area contributed by atoms with E-state index in [1.807, 2.05) is 0 Å². The molecule has 4 rings (SSSR count). The van der Waals surface area contributed by atoms with Crippen LogP contribution < -0.4 is 15.8 Å². The molecule has 0 spiro atoms. The minimum absolute atomic E-state index is 0.00982. The van der Waals surface area contributed by atoms with Crippen LogP contribution in [0, 0.1) is 5.82 Å². The summed E-state index contributed by atoms with van der Waals surface area (Å²) >= 11 is 0. The molecule has 3 N–H and O–H groups in total. The van der Waals surface area contributed by atoms with E-state index in [4.69, 9.17) is 10.5 Å². The van der Waals surface area contributed by atoms with Crippen molar-refractivity contribution < 1.29 is 18.7 Å². The van der Waals surface area contributed by atoms with E-state index in [0.717, 1.165) is 0 Å². The predicted octanol–water partition coefficient (Wildman–Crippen LogP) is 2.77. The number of carbonyl (C=O) groups excluding carboxylic acids is 2. The maximum Gasteiger partial charge on any atom is 0.267 e. The lowest BCUT2D eigenvalue weighted by atomic mass is 10.2. The number of nitrogens with two attached hydrogens (primary N) is 1. The molecule has 2 heterocycles. The number of nitrogens with one attached hydrogen (secondary N) is 1. The zero-order valence-corrected chi connectivity index (χ0v) is 15.6. The van der Waals surface area contributed by atoms with E-state index >= 15 is 0 Å². The van der Waals surface area contributed by atoms with Gasteiger partial charge in [0.05, 0.1) is 0 Å². The van der Waals surface area contributed by atoms with E-state index in [-0.39, 0.29) is 29.1 Å². The highest BCUT2D eigenvalue weighted by molar-refractivity contribution is 6.41. The monoisotopic (exact) mass is 405 g/mol. The number of halogens is 1. The number of hydrogen-bond acceptors (Lipinski definition) is 6. The number of primary amides is 1. The summed E-state index contributed by atoms with van der Waals surface area (Å²) in [4.78, 5) is 36.2. The number of benzene rings is 2. The van der Waals surface area contributed by atoms with Gasteiger partial charge in [-0.25, -0.2) is 19.4 Å². The Bertz CT molecular complexity index is 1140. The third-order valence-corrected chi connectivity index (χ3v) is 4.29. The van der Waals surface area contributed by atoms with Crippen molar-refractivity contribution in [1.82, 2.24) is 15.3 Å². The first-order valence-electron chi connectivity index (χ1n) is 9.06. The molecule has 0 atom stereocenters. The molecule has 8 nitrogen and oxygen atoms in total. The molecule has 150 valence electrons. The Balaban J connectivity index is 1.63. The smallest absolute Gasteiger partial charge is 0.267 e. The van der Waals surface area contributed by atoms with E-state index < -0.39 is 5.91 Å². The number of aliphatic imine (C=N–C) groups is 1. The van der Waals surface area contributed by atoms with Gasteiger partial charge in [-0.2, -0.15) is 0 Å². The van der Waals surface area contributed by atoms with Crippen LogP contribution in [0.15, 0.2) is 59.6 Å². The van der Waals surface area contributed by atoms with Crippen LogP contribution in [0.3, 0.4) is 0 Å². The van der Waals surface area contributed by atoms with Crippen LogP contribution in [0.5, 0.6) is 11.5 Å². The Morgan fingerprint density at radius 1 is 1.07 bits per heavy atom. The van der Waals surface area contributed by atoms with Crippen LogP contribution in [-0.4, -0.2) is 34.0 Å². The molecule has 30 heavy (non-hydrogen) atoms. The largest absolute Gasteiger partial charge is 0.457 e. The summed E-state index contributed by atoms with van der Waals surface area (Å²) in [6.45, 7) is 0.508. The molecule has 2 amide bonds. The van der Waals surface area contributed by atoms with Crippen molar-refractivity contribution in [1.29, 1.82) is 0 Å². The Morgan fingerprint density at radius 3 is 2.33 bits per heavy atom. The van der Waals surface area contributed by atoms with E-state index in [1.54, 1.807) is 24.3 Å². The maximum absolute atomic E-state index is 13.0. The highest BCUT2D eigenvalue weighted by Crippen LogP contribution is 2.26. The molecule has 1 aliphatic heterocycles. The average Bonchev–Trinajstić information content (AvgIpc) is 3.14. The zero-order chi connectivity index (χ0) is 21.1. The molecule has 0 unspecified atom stereocenters. The topological polar surface area (TPSA) is 120 Å². The lowest BCUT2D eigenvalue weighted by molar-refractivity contribution is -0.113. The Labute approximate surface area is 170 Å². The van der Waals surface area contributed by atoms with Gasteiger partial charge in [-0.3, -0.25) is 9.59 Å². The summed E-state index contributed by atoms with van der Waals surface area (Å²) in [7, 11) is 0. The quantitative estimate of drug-likeness (QED) is 0.676. The Kier molecular flexibility index (Phi) is 5.17. The molecule has 0 aliphatic carbocycles. The number of hydrogen-bond donors (Lipinski definition) is 2. The Morgan fingerprint density at radius 2 is 1.73 bits per heavy atom. The Hall–Kier alpha value is -4.14. The minimum atomic E-state index is -0.729. The van der Waals surface area contributed by atoms with Gasteiger partial charge in [0.1, 0.15) is 28.7 Å². The normalized spacial score (nSPS) is 14.6. The van der Waals surface area contributed by atoms with Crippen LogP contribution in [-0.2, 0) is 4.79 Å². The van der Waals surface area contributed by atoms with Gasteiger partial charge >= 0.3 is 0 Å². The summed E-state index contributed by atoms with van der Waals surface area (Å²) < 4.78 is 18.7. The SMILES string of the molecule is NC(=O)c1cc(N=C2CCNC2=O)nc(-c2ccc(Oc3ccc(F)cc3)cc2)n1. The van der Waals surface area contributed by atoms with Gasteiger partial charge in [-0.15, -0.1) is 0 Å². The molecular formula is C21H16FN5O3. The van der Waals surface area contributed by atoms with Crippen LogP contribution in [0.4, 0.5) is 10.2 Å². The molecule has 9 heteroatoms. The van der Waals surface area contributed by atoms with E-state index in [0.29, 0.717) is 35.7 Å². The number of rotatable bonds is 5. The van der Waals surface area contributed by atoms with Gasteiger partial charge in [-0.05, 0) is 48.5 Å². The van der Waals surface area contributed by atoms with Crippen molar-refractivity contribution in [2.24, 2.45) is 10.7 Å². The lowest BCUT2D eigenvalue weighted by Crippen LogP contribution is -2.18. The molecule has 3 aromatic rings. The van der Waals surface area contributed by atoms with E-state index in [2.05, 4.69) is 20.3 Å². The summed E-state index contributed by atoms with van der Waals surface area (Å²) in [6.07, 6.45) is 0.472. The fraction of sp³-hybridized carbons (Fsp3) is 0.0952. The van der Waals surface area contributed by atoms with Crippen molar-refractivity contribution in [2.75, 3.05) is 6.54 Å². The van der Waals surface area contributed by atoms with Gasteiger partial charge in [0.15, 0.2) is 11.6 Å². The fourth-order valence-electron chi connectivity index (χ4n) is 2.81. The summed E-state index contributed by atoms with van der Waals surface area (Å²) in [5.74, 6) is 0.0809. The number of ether oxygens (including phenoxy) is 1. The first-order chi connectivity index (χ1) is 14.5. The maximum atomic E-state index is 13.0. The van der Waals surface area contributed by atoms with E-state index in [9.17, 15) is 14.0 Å². The summed E-state index contributed by atoms with van der Waals surface area (Å²) in [5, 5.41) is 2.66. The molecule has 1 aliphatic rings. The standard InChI is InChI=1S/C21H16FN5O3/c22-13-3-7-15(8-4-13)30-14-5-1-12(2-6-14)20-26-17(19(23)28)11-18(27-20)25-16-9-10-24-21(16)29/h1-8,11H,9-10H2,(H2,23,28)(H,24,29). The van der Waals surface area contributed by atoms with Crippen molar-refractivity contribution in [3.8, 4) is 22.9 Å². The van der Waals surface area contributed by atoms with Crippen LogP contribution in [0.1, 0.15) is 16.9 Å². The number of aromatic nitrogens is 2. The molecule has 0 saturated carbocycles. The minimum Gasteiger partial charge on any atom is -0.457 e. The number of amides is 2. The fourth-order valence-corrected chi connectivity index (χ4v) is 2.81. The average molecular weight is 405 g/mol. The lowest BCUT2D eigenvalue weighted by Gasteiger charge is -2.08. The van der Waals surface area contributed by atoms with Crippen LogP contribution in [0.25, 0.3) is 11.4 Å². The van der Waals surface area contributed by atoms with Crippen molar-refractivity contribution in [2.45, 2.75) is 6.42 Å². The van der Waals surface area contributed by atoms with Crippen molar-refractivity contribution in [3.63, 3.8) is 0 Å². The van der Waals surface area contributed by atoms with Crippen molar-refractivity contribution in [3.05, 3.63) is 66.1 Å². The third-order valence-electron chi connectivity index (χ3n) is 4.29. The summed E-state index contributed by atoms with van der Waals surface area (Å²) in [6, 6.07) is 13.8. The first-order valence-corrected chi connectivity index (χ1v) is 9.06. The van der Waals surface area contributed by atoms with Gasteiger partial charge in [-0.1, -0.05) is 0 Å². The summed E-state index contributed by atoms with van der Waals surface area (Å²) in [5.41, 5.74) is 6.30. The second kappa shape index (κ2) is 8.08. The first kappa shape index (κ1) is 19.2. The third kappa shape index (κ3) is 4.30. The van der Waals surface area contributed by atoms with Crippen LogP contribution in [0.2, 0.25) is 0 Å². The van der Waals surface area contributed by atoms with Gasteiger partial charge in [0.2, 0.25) is 0 Å². The molecule has 1 saturated heterocycles. The molecule has 1 fully saturated rings. The molecule has 0 bridgehead atoms. The van der Waals surface area contributed by atoms with E-state index in [1.165, 1.54) is 30.3 Å². The highest BCUT2D eigenvalue weighted by atomic mass is 19.1. The molecule has 0 radical (unpaired) electrons. The molecular weight excluding hydrogens is 389 g/mol. The number of carbonyl (C=O) groups is 2. The number of nitrogens with zero attached hydrogens (tertiary/aromatic N) is 3. The van der Waals surface area contributed by atoms with Crippen molar-refractivity contribution >= 4 is 23.3 Å². The van der Waals surface area contributed by atoms with Gasteiger partial charge in [0, 0.05) is 24.6 Å². The highest BCUT2D eigenvalue weighted by Gasteiger charge is 2.19. The zero-order valence-electron chi connectivity index (χ0n) is 15.6. The van der Waals surface area contributed by atoms with Gasteiger partial charge < -0.3 is 15.8 Å².